The minimum atomic E-state index is -0.589. The summed E-state index contributed by atoms with van der Waals surface area (Å²) in [4.78, 5) is 11.9. The van der Waals surface area contributed by atoms with E-state index in [1.807, 2.05) is 24.3 Å². The molecule has 0 aliphatic carbocycles. The van der Waals surface area contributed by atoms with Crippen LogP contribution in [0.2, 0.25) is 0 Å². The molecule has 0 bridgehead atoms. The first-order valence-electron chi connectivity index (χ1n) is 8.03. The zero-order valence-corrected chi connectivity index (χ0v) is 14.3. The highest BCUT2D eigenvalue weighted by atomic mass is 32.1. The van der Waals surface area contributed by atoms with Gasteiger partial charge in [-0.15, -0.1) is 11.3 Å². The van der Waals surface area contributed by atoms with Crippen molar-refractivity contribution in [2.24, 2.45) is 4.99 Å². The van der Waals surface area contributed by atoms with E-state index in [2.05, 4.69) is 29.8 Å². The summed E-state index contributed by atoms with van der Waals surface area (Å²) in [6, 6.07) is 10.1. The standard InChI is InChI=1S/C18H21N3OS/c1-12-11-14-17(23-12)16(22)13-5-3-4-6-15(13)19-18(14)21-9-7-20(2)8-10-21/h3-6,11,16,22H,7-10H2,1-2H3. The number of likely N-dealkylation sites (N-methyl/N-ethyl adjacent to an activating group) is 1. The number of thiophene rings is 1. The number of nitrogens with zero attached hydrogens (tertiary/aromatic N) is 3. The summed E-state index contributed by atoms with van der Waals surface area (Å²) < 4.78 is 0. The maximum absolute atomic E-state index is 10.9. The Kier molecular flexibility index (Phi) is 3.71. The third-order valence-corrected chi connectivity index (χ3v) is 5.74. The lowest BCUT2D eigenvalue weighted by Crippen LogP contribution is -2.47. The SMILES string of the molecule is Cc1cc2c(s1)C(O)c1ccccc1N=C2N1CCN(C)CC1. The van der Waals surface area contributed by atoms with Crippen LogP contribution in [-0.2, 0) is 0 Å². The number of aliphatic hydroxyl groups excluding tert-OH is 1. The Morgan fingerprint density at radius 2 is 1.91 bits per heavy atom. The molecule has 120 valence electrons. The van der Waals surface area contributed by atoms with Gasteiger partial charge in [0.2, 0.25) is 0 Å². The van der Waals surface area contributed by atoms with E-state index < -0.39 is 6.10 Å². The van der Waals surface area contributed by atoms with Crippen LogP contribution in [0.25, 0.3) is 0 Å². The summed E-state index contributed by atoms with van der Waals surface area (Å²) in [5.74, 6) is 1.02. The molecule has 1 aromatic carbocycles. The molecule has 1 N–H and O–H groups in total. The van der Waals surface area contributed by atoms with Crippen molar-refractivity contribution in [2.75, 3.05) is 33.2 Å². The molecule has 0 saturated carbocycles. The van der Waals surface area contributed by atoms with Crippen LogP contribution in [-0.4, -0.2) is 54.0 Å². The molecular weight excluding hydrogens is 306 g/mol. The third kappa shape index (κ3) is 2.59. The second kappa shape index (κ2) is 5.74. The maximum atomic E-state index is 10.9. The van der Waals surface area contributed by atoms with E-state index in [0.29, 0.717) is 0 Å². The normalized spacial score (nSPS) is 21.4. The van der Waals surface area contributed by atoms with Crippen LogP contribution in [0.15, 0.2) is 35.3 Å². The van der Waals surface area contributed by atoms with Crippen molar-refractivity contribution in [1.82, 2.24) is 9.80 Å². The quantitative estimate of drug-likeness (QED) is 0.809. The lowest BCUT2D eigenvalue weighted by Gasteiger charge is -2.34. The number of hydrogen-bond acceptors (Lipinski definition) is 5. The Labute approximate surface area is 140 Å². The zero-order chi connectivity index (χ0) is 16.0. The minimum Gasteiger partial charge on any atom is -0.383 e. The van der Waals surface area contributed by atoms with Crippen LogP contribution in [0.4, 0.5) is 5.69 Å². The van der Waals surface area contributed by atoms with Crippen LogP contribution in [0.5, 0.6) is 0 Å². The van der Waals surface area contributed by atoms with Crippen molar-refractivity contribution in [1.29, 1.82) is 0 Å². The first kappa shape index (κ1) is 14.9. The summed E-state index contributed by atoms with van der Waals surface area (Å²) in [5.41, 5.74) is 2.88. The highest BCUT2D eigenvalue weighted by molar-refractivity contribution is 7.12. The molecule has 1 atom stereocenters. The highest BCUT2D eigenvalue weighted by Crippen LogP contribution is 2.40. The lowest BCUT2D eigenvalue weighted by molar-refractivity contribution is 0.215. The number of aliphatic imine (C=N–C) groups is 1. The molecule has 1 unspecified atom stereocenters. The van der Waals surface area contributed by atoms with E-state index in [1.54, 1.807) is 11.3 Å². The van der Waals surface area contributed by atoms with E-state index >= 15 is 0 Å². The Bertz CT molecular complexity index is 759. The fourth-order valence-corrected chi connectivity index (χ4v) is 4.33. The van der Waals surface area contributed by atoms with Gasteiger partial charge in [0.25, 0.3) is 0 Å². The van der Waals surface area contributed by atoms with Crippen LogP contribution in [0.1, 0.15) is 27.0 Å². The second-order valence-electron chi connectivity index (χ2n) is 6.32. The molecular formula is C18H21N3OS. The Hall–Kier alpha value is -1.69. The maximum Gasteiger partial charge on any atom is 0.137 e. The Morgan fingerprint density at radius 3 is 2.70 bits per heavy atom. The average Bonchev–Trinajstić information content (AvgIpc) is 2.90. The predicted octanol–water partition coefficient (Wildman–Crippen LogP) is 2.78. The Balaban J connectivity index is 1.85. The van der Waals surface area contributed by atoms with Gasteiger partial charge in [0.1, 0.15) is 11.9 Å². The summed E-state index contributed by atoms with van der Waals surface area (Å²) in [7, 11) is 2.16. The van der Waals surface area contributed by atoms with Crippen LogP contribution >= 0.6 is 11.3 Å². The summed E-state index contributed by atoms with van der Waals surface area (Å²) >= 11 is 1.68. The second-order valence-corrected chi connectivity index (χ2v) is 7.61. The molecule has 0 amide bonds. The topological polar surface area (TPSA) is 39.1 Å². The molecule has 0 spiro atoms. The minimum absolute atomic E-state index is 0.589. The molecule has 23 heavy (non-hydrogen) atoms. The molecule has 5 heteroatoms. The number of piperazine rings is 1. The number of aryl methyl sites for hydroxylation is 1. The van der Waals surface area contributed by atoms with Crippen molar-refractivity contribution < 1.29 is 5.11 Å². The average molecular weight is 327 g/mol. The number of para-hydroxylation sites is 1. The molecule has 1 saturated heterocycles. The number of rotatable bonds is 0. The zero-order valence-electron chi connectivity index (χ0n) is 13.5. The van der Waals surface area contributed by atoms with Crippen LogP contribution in [0.3, 0.4) is 0 Å². The molecule has 2 aliphatic rings. The van der Waals surface area contributed by atoms with Gasteiger partial charge >= 0.3 is 0 Å². The van der Waals surface area contributed by atoms with Gasteiger partial charge in [0.05, 0.1) is 5.69 Å². The van der Waals surface area contributed by atoms with E-state index in [1.165, 1.54) is 4.88 Å². The molecule has 1 fully saturated rings. The van der Waals surface area contributed by atoms with Gasteiger partial charge in [0.15, 0.2) is 0 Å². The van der Waals surface area contributed by atoms with Crippen molar-refractivity contribution in [2.45, 2.75) is 13.0 Å². The number of aliphatic hydroxyl groups is 1. The Morgan fingerprint density at radius 1 is 1.17 bits per heavy atom. The molecule has 2 aromatic rings. The van der Waals surface area contributed by atoms with E-state index in [0.717, 1.165) is 53.7 Å². The molecule has 4 nitrogen and oxygen atoms in total. The van der Waals surface area contributed by atoms with Gasteiger partial charge in [0, 0.05) is 47.1 Å². The van der Waals surface area contributed by atoms with Gasteiger partial charge < -0.3 is 14.9 Å². The highest BCUT2D eigenvalue weighted by Gasteiger charge is 2.29. The predicted molar refractivity (Wildman–Crippen MR) is 94.8 cm³/mol. The monoisotopic (exact) mass is 327 g/mol. The summed E-state index contributed by atoms with van der Waals surface area (Å²) in [6.07, 6.45) is -0.589. The van der Waals surface area contributed by atoms with Crippen molar-refractivity contribution in [3.8, 4) is 0 Å². The first-order valence-corrected chi connectivity index (χ1v) is 8.85. The fraction of sp³-hybridized carbons (Fsp3) is 0.389. The number of fused-ring (bicyclic) bond motifs is 2. The molecule has 1 aromatic heterocycles. The largest absolute Gasteiger partial charge is 0.383 e. The van der Waals surface area contributed by atoms with Gasteiger partial charge in [-0.05, 0) is 26.1 Å². The van der Waals surface area contributed by atoms with E-state index in [9.17, 15) is 5.11 Å². The lowest BCUT2D eigenvalue weighted by atomic mass is 10.0. The fourth-order valence-electron chi connectivity index (χ4n) is 3.31. The molecule has 0 radical (unpaired) electrons. The summed E-state index contributed by atoms with van der Waals surface area (Å²) in [6.45, 7) is 6.13. The number of hydrogen-bond donors (Lipinski definition) is 1. The van der Waals surface area contributed by atoms with Crippen molar-refractivity contribution in [3.05, 3.63) is 51.2 Å². The van der Waals surface area contributed by atoms with Crippen LogP contribution < -0.4 is 0 Å². The number of benzene rings is 1. The van der Waals surface area contributed by atoms with Gasteiger partial charge in [-0.1, -0.05) is 18.2 Å². The van der Waals surface area contributed by atoms with Crippen molar-refractivity contribution >= 4 is 22.9 Å². The van der Waals surface area contributed by atoms with E-state index in [4.69, 9.17) is 4.99 Å². The first-order chi connectivity index (χ1) is 11.1. The van der Waals surface area contributed by atoms with E-state index in [-0.39, 0.29) is 0 Å². The summed E-state index contributed by atoms with van der Waals surface area (Å²) in [5, 5.41) is 10.9. The molecule has 4 rings (SSSR count). The van der Waals surface area contributed by atoms with Crippen LogP contribution in [0, 0.1) is 6.92 Å². The van der Waals surface area contributed by atoms with Gasteiger partial charge in [-0.2, -0.15) is 0 Å². The van der Waals surface area contributed by atoms with Gasteiger partial charge in [-0.25, -0.2) is 4.99 Å². The third-order valence-electron chi connectivity index (χ3n) is 4.63. The number of amidine groups is 1. The smallest absolute Gasteiger partial charge is 0.137 e. The molecule has 2 aliphatic heterocycles. The molecule has 3 heterocycles. The van der Waals surface area contributed by atoms with Crippen molar-refractivity contribution in [3.63, 3.8) is 0 Å². The van der Waals surface area contributed by atoms with Gasteiger partial charge in [-0.3, -0.25) is 0 Å².